The summed E-state index contributed by atoms with van der Waals surface area (Å²) in [6, 6.07) is 0. The van der Waals surface area contributed by atoms with E-state index in [0.29, 0.717) is 0 Å². The van der Waals surface area contributed by atoms with Gasteiger partial charge in [0.15, 0.2) is 0 Å². The van der Waals surface area contributed by atoms with Crippen LogP contribution in [0, 0.1) is 0 Å². The van der Waals surface area contributed by atoms with Crippen LogP contribution in [0.4, 0.5) is 0 Å². The lowest BCUT2D eigenvalue weighted by Gasteiger charge is -2.14. The molecular weight excluding hydrogens is 139 g/mol. The second-order valence-corrected chi connectivity index (χ2v) is 2.79. The van der Waals surface area contributed by atoms with Crippen molar-refractivity contribution >= 4 is 8.53 Å². The minimum Gasteiger partial charge on any atom is -0.337 e. The van der Waals surface area contributed by atoms with Crippen LogP contribution in [0.5, 0.6) is 0 Å². The van der Waals surface area contributed by atoms with Crippen LogP contribution in [0.1, 0.15) is 12.8 Å². The first-order valence-electron chi connectivity index (χ1n) is 2.96. The SMILES string of the molecule is NP(O)ON1CCCC1. The molecule has 9 heavy (non-hydrogen) atoms. The summed E-state index contributed by atoms with van der Waals surface area (Å²) in [6.07, 6.45) is 2.28. The molecular formula is C4H11N2O2P. The molecule has 4 nitrogen and oxygen atoms in total. The summed E-state index contributed by atoms with van der Waals surface area (Å²) in [4.78, 5) is 8.59. The summed E-state index contributed by atoms with van der Waals surface area (Å²) in [5.74, 6) is 0. The number of hydroxylamine groups is 2. The van der Waals surface area contributed by atoms with Gasteiger partial charge < -0.3 is 4.89 Å². The predicted octanol–water partition coefficient (Wildman–Crippen LogP) is 0.192. The lowest BCUT2D eigenvalue weighted by molar-refractivity contribution is -0.0324. The lowest BCUT2D eigenvalue weighted by Crippen LogP contribution is -2.18. The average molecular weight is 150 g/mol. The van der Waals surface area contributed by atoms with Crippen LogP contribution >= 0.6 is 8.53 Å². The van der Waals surface area contributed by atoms with Crippen LogP contribution in [-0.2, 0) is 4.62 Å². The van der Waals surface area contributed by atoms with Crippen LogP contribution < -0.4 is 5.50 Å². The van der Waals surface area contributed by atoms with Crippen molar-refractivity contribution in [3.05, 3.63) is 0 Å². The Morgan fingerprint density at radius 3 is 2.44 bits per heavy atom. The second-order valence-electron chi connectivity index (χ2n) is 2.02. The van der Waals surface area contributed by atoms with Crippen molar-refractivity contribution in [3.8, 4) is 0 Å². The van der Waals surface area contributed by atoms with Gasteiger partial charge in [0.2, 0.25) is 0 Å². The molecule has 1 atom stereocenters. The van der Waals surface area contributed by atoms with E-state index in [2.05, 4.69) is 0 Å². The number of nitrogens with zero attached hydrogens (tertiary/aromatic N) is 1. The highest BCUT2D eigenvalue weighted by Gasteiger charge is 2.14. The highest BCUT2D eigenvalue weighted by Crippen LogP contribution is 2.24. The molecule has 1 rings (SSSR count). The van der Waals surface area contributed by atoms with E-state index >= 15 is 0 Å². The average Bonchev–Trinajstić information content (AvgIpc) is 2.15. The fraction of sp³-hybridized carbons (Fsp3) is 1.00. The van der Waals surface area contributed by atoms with Crippen molar-refractivity contribution in [1.29, 1.82) is 0 Å². The van der Waals surface area contributed by atoms with E-state index in [4.69, 9.17) is 15.0 Å². The van der Waals surface area contributed by atoms with Crippen LogP contribution in [0.3, 0.4) is 0 Å². The highest BCUT2D eigenvalue weighted by atomic mass is 31.2. The third kappa shape index (κ3) is 2.56. The Labute approximate surface area is 55.5 Å². The number of rotatable bonds is 2. The molecule has 1 aliphatic heterocycles. The first-order chi connectivity index (χ1) is 4.29. The van der Waals surface area contributed by atoms with E-state index in [-0.39, 0.29) is 0 Å². The van der Waals surface area contributed by atoms with Crippen molar-refractivity contribution in [2.45, 2.75) is 12.8 Å². The maximum atomic E-state index is 8.59. The van der Waals surface area contributed by atoms with Gasteiger partial charge in [0.25, 0.3) is 8.53 Å². The van der Waals surface area contributed by atoms with Crippen molar-refractivity contribution in [2.24, 2.45) is 5.50 Å². The molecule has 1 fully saturated rings. The molecule has 0 aromatic carbocycles. The largest absolute Gasteiger partial charge is 0.337 e. The third-order valence-corrected chi connectivity index (χ3v) is 1.66. The van der Waals surface area contributed by atoms with E-state index in [0.717, 1.165) is 25.9 Å². The van der Waals surface area contributed by atoms with Crippen LogP contribution in [0.2, 0.25) is 0 Å². The molecule has 1 heterocycles. The van der Waals surface area contributed by atoms with Crippen LogP contribution in [0.25, 0.3) is 0 Å². The van der Waals surface area contributed by atoms with Crippen molar-refractivity contribution in [3.63, 3.8) is 0 Å². The van der Waals surface area contributed by atoms with Crippen molar-refractivity contribution in [1.82, 2.24) is 5.06 Å². The Kier molecular flexibility index (Phi) is 2.82. The zero-order valence-electron chi connectivity index (χ0n) is 5.16. The fourth-order valence-corrected chi connectivity index (χ4v) is 1.29. The first kappa shape index (κ1) is 7.38. The van der Waals surface area contributed by atoms with Gasteiger partial charge in [-0.3, -0.25) is 5.50 Å². The van der Waals surface area contributed by atoms with Gasteiger partial charge in [0, 0.05) is 13.1 Å². The van der Waals surface area contributed by atoms with Gasteiger partial charge in [-0.1, -0.05) is 0 Å². The maximum Gasteiger partial charge on any atom is 0.268 e. The normalized spacial score (nSPS) is 24.7. The Morgan fingerprint density at radius 1 is 1.44 bits per heavy atom. The molecule has 0 radical (unpaired) electrons. The molecule has 0 aliphatic carbocycles. The van der Waals surface area contributed by atoms with Crippen LogP contribution in [0.15, 0.2) is 0 Å². The molecule has 0 amide bonds. The zero-order valence-corrected chi connectivity index (χ0v) is 6.05. The molecule has 5 heteroatoms. The van der Waals surface area contributed by atoms with E-state index in [1.807, 2.05) is 0 Å². The van der Waals surface area contributed by atoms with E-state index in [1.54, 1.807) is 5.06 Å². The summed E-state index contributed by atoms with van der Waals surface area (Å²) >= 11 is 0. The molecule has 0 aromatic heterocycles. The van der Waals surface area contributed by atoms with Gasteiger partial charge >= 0.3 is 0 Å². The van der Waals surface area contributed by atoms with Crippen molar-refractivity contribution in [2.75, 3.05) is 13.1 Å². The predicted molar refractivity (Wildman–Crippen MR) is 35.2 cm³/mol. The molecule has 0 bridgehead atoms. The standard InChI is InChI=1S/C4H11N2O2P/c5-9(7)8-6-3-1-2-4-6/h7H,1-5H2. The molecule has 0 saturated carbocycles. The topological polar surface area (TPSA) is 58.7 Å². The monoisotopic (exact) mass is 150 g/mol. The Balaban J connectivity index is 2.11. The summed E-state index contributed by atoms with van der Waals surface area (Å²) in [7, 11) is -1.69. The fourth-order valence-electron chi connectivity index (χ4n) is 0.888. The molecule has 0 aromatic rings. The molecule has 54 valence electrons. The van der Waals surface area contributed by atoms with Gasteiger partial charge in [0.05, 0.1) is 0 Å². The lowest BCUT2D eigenvalue weighted by atomic mass is 10.4. The summed E-state index contributed by atoms with van der Waals surface area (Å²) in [5.41, 5.74) is 5.03. The molecule has 1 unspecified atom stereocenters. The first-order valence-corrected chi connectivity index (χ1v) is 4.24. The number of nitrogens with two attached hydrogens (primary N) is 1. The molecule has 3 N–H and O–H groups in total. The minimum absolute atomic E-state index is 0.899. The summed E-state index contributed by atoms with van der Waals surface area (Å²) in [6.45, 7) is 1.80. The Hall–Kier alpha value is 0.270. The smallest absolute Gasteiger partial charge is 0.268 e. The van der Waals surface area contributed by atoms with Gasteiger partial charge in [-0.25, -0.2) is 4.62 Å². The molecule has 0 spiro atoms. The maximum absolute atomic E-state index is 8.59. The Bertz CT molecular complexity index is 84.6. The number of hydrogen-bond donors (Lipinski definition) is 2. The summed E-state index contributed by atoms with van der Waals surface area (Å²) in [5, 5.41) is 1.71. The molecule has 1 aliphatic rings. The van der Waals surface area contributed by atoms with Gasteiger partial charge in [-0.05, 0) is 12.8 Å². The second kappa shape index (κ2) is 3.44. The zero-order chi connectivity index (χ0) is 6.69. The van der Waals surface area contributed by atoms with E-state index < -0.39 is 8.53 Å². The Morgan fingerprint density at radius 2 is 2.00 bits per heavy atom. The summed E-state index contributed by atoms with van der Waals surface area (Å²) < 4.78 is 4.84. The number of hydrogen-bond acceptors (Lipinski definition) is 4. The van der Waals surface area contributed by atoms with Crippen LogP contribution in [-0.4, -0.2) is 23.0 Å². The van der Waals surface area contributed by atoms with E-state index in [9.17, 15) is 0 Å². The minimum atomic E-state index is -1.69. The molecule has 1 saturated heterocycles. The highest BCUT2D eigenvalue weighted by molar-refractivity contribution is 7.43. The van der Waals surface area contributed by atoms with Gasteiger partial charge in [-0.2, -0.15) is 5.06 Å². The van der Waals surface area contributed by atoms with Gasteiger partial charge in [-0.15, -0.1) is 0 Å². The van der Waals surface area contributed by atoms with Gasteiger partial charge in [0.1, 0.15) is 0 Å². The van der Waals surface area contributed by atoms with Crippen molar-refractivity contribution < 1.29 is 9.52 Å². The van der Waals surface area contributed by atoms with E-state index in [1.165, 1.54) is 0 Å². The third-order valence-electron chi connectivity index (χ3n) is 1.26. The quantitative estimate of drug-likeness (QED) is 0.552.